The van der Waals surface area contributed by atoms with Crippen molar-refractivity contribution in [1.29, 1.82) is 0 Å². The van der Waals surface area contributed by atoms with Crippen molar-refractivity contribution in [2.45, 2.75) is 20.4 Å². The number of amides is 2. The Kier molecular flexibility index (Phi) is 5.84. The first-order valence-electron chi connectivity index (χ1n) is 9.07. The summed E-state index contributed by atoms with van der Waals surface area (Å²) in [5, 5.41) is 6.00. The van der Waals surface area contributed by atoms with Crippen molar-refractivity contribution in [3.8, 4) is 0 Å². The first kappa shape index (κ1) is 19.3. The van der Waals surface area contributed by atoms with Crippen molar-refractivity contribution in [3.05, 3.63) is 70.8 Å². The van der Waals surface area contributed by atoms with Crippen LogP contribution in [0.3, 0.4) is 0 Å². The van der Waals surface area contributed by atoms with Gasteiger partial charge in [0.2, 0.25) is 5.91 Å². The van der Waals surface area contributed by atoms with E-state index < -0.39 is 5.91 Å². The Balaban J connectivity index is 1.76. The van der Waals surface area contributed by atoms with Gasteiger partial charge in [0, 0.05) is 6.54 Å². The molecule has 1 heterocycles. The van der Waals surface area contributed by atoms with Gasteiger partial charge in [-0.25, -0.2) is 4.98 Å². The molecule has 0 fully saturated rings. The van der Waals surface area contributed by atoms with E-state index in [0.29, 0.717) is 34.6 Å². The molecule has 0 bridgehead atoms. The minimum Gasteiger partial charge on any atom is -0.352 e. The van der Waals surface area contributed by atoms with Gasteiger partial charge in [0.15, 0.2) is 0 Å². The van der Waals surface area contributed by atoms with Gasteiger partial charge in [-0.3, -0.25) is 19.0 Å². The number of carbonyl (C=O) groups is 2. The molecule has 2 amide bonds. The van der Waals surface area contributed by atoms with Gasteiger partial charge < -0.3 is 10.6 Å². The molecule has 0 aliphatic carbocycles. The summed E-state index contributed by atoms with van der Waals surface area (Å²) in [7, 11) is 0. The predicted molar refractivity (Wildman–Crippen MR) is 108 cm³/mol. The van der Waals surface area contributed by atoms with Crippen LogP contribution in [0.5, 0.6) is 0 Å². The molecule has 1 aromatic heterocycles. The summed E-state index contributed by atoms with van der Waals surface area (Å²) in [5.41, 5.74) is 1.07. The van der Waals surface area contributed by atoms with Crippen molar-refractivity contribution in [1.82, 2.24) is 14.9 Å². The van der Waals surface area contributed by atoms with Gasteiger partial charge in [0.25, 0.3) is 11.5 Å². The maximum atomic E-state index is 12.5. The van der Waals surface area contributed by atoms with Gasteiger partial charge in [-0.15, -0.1) is 0 Å². The van der Waals surface area contributed by atoms with Gasteiger partial charge in [-0.1, -0.05) is 38.1 Å². The predicted octanol–water partition coefficient (Wildman–Crippen LogP) is 2.42. The average Bonchev–Trinajstić information content (AvgIpc) is 2.69. The van der Waals surface area contributed by atoms with Crippen LogP contribution in [0.25, 0.3) is 10.9 Å². The molecule has 0 saturated carbocycles. The highest BCUT2D eigenvalue weighted by atomic mass is 16.2. The van der Waals surface area contributed by atoms with Gasteiger partial charge in [0.1, 0.15) is 6.54 Å². The van der Waals surface area contributed by atoms with Crippen molar-refractivity contribution in [2.75, 3.05) is 11.9 Å². The summed E-state index contributed by atoms with van der Waals surface area (Å²) in [4.78, 5) is 41.6. The zero-order valence-corrected chi connectivity index (χ0v) is 15.8. The third kappa shape index (κ3) is 4.43. The molecule has 28 heavy (non-hydrogen) atoms. The summed E-state index contributed by atoms with van der Waals surface area (Å²) < 4.78 is 1.25. The SMILES string of the molecule is CC(C)CNC(=O)c1ccccc1NC(=O)Cn1cnc2ccccc2c1=O. The number of hydrogen-bond acceptors (Lipinski definition) is 4. The minimum absolute atomic E-state index is 0.196. The minimum atomic E-state index is -0.414. The van der Waals surface area contributed by atoms with Crippen LogP contribution in [-0.4, -0.2) is 27.9 Å². The molecule has 3 rings (SSSR count). The Morgan fingerprint density at radius 1 is 1.07 bits per heavy atom. The van der Waals surface area contributed by atoms with E-state index in [-0.39, 0.29) is 18.0 Å². The van der Waals surface area contributed by atoms with E-state index in [0.717, 1.165) is 0 Å². The van der Waals surface area contributed by atoms with Gasteiger partial charge >= 0.3 is 0 Å². The molecule has 0 unspecified atom stereocenters. The van der Waals surface area contributed by atoms with Crippen molar-refractivity contribution < 1.29 is 9.59 Å². The number of para-hydroxylation sites is 2. The molecule has 0 atom stereocenters. The van der Waals surface area contributed by atoms with Crippen LogP contribution in [0.2, 0.25) is 0 Å². The van der Waals surface area contributed by atoms with Crippen LogP contribution in [0, 0.1) is 5.92 Å². The Morgan fingerprint density at radius 3 is 2.57 bits per heavy atom. The number of hydrogen-bond donors (Lipinski definition) is 2. The highest BCUT2D eigenvalue weighted by Gasteiger charge is 2.14. The maximum absolute atomic E-state index is 12.5. The zero-order chi connectivity index (χ0) is 20.1. The lowest BCUT2D eigenvalue weighted by atomic mass is 10.1. The molecule has 0 aliphatic rings. The first-order chi connectivity index (χ1) is 13.5. The van der Waals surface area contributed by atoms with E-state index in [4.69, 9.17) is 0 Å². The number of benzene rings is 2. The monoisotopic (exact) mass is 378 g/mol. The lowest BCUT2D eigenvalue weighted by molar-refractivity contribution is -0.116. The molecule has 3 aromatic rings. The fraction of sp³-hybridized carbons (Fsp3) is 0.238. The Labute approximate surface area is 162 Å². The van der Waals surface area contributed by atoms with E-state index in [9.17, 15) is 14.4 Å². The topological polar surface area (TPSA) is 93.1 Å². The summed E-state index contributed by atoms with van der Waals surface area (Å²) in [6.45, 7) is 4.35. The zero-order valence-electron chi connectivity index (χ0n) is 15.8. The van der Waals surface area contributed by atoms with Crippen LogP contribution in [0.1, 0.15) is 24.2 Å². The van der Waals surface area contributed by atoms with Crippen molar-refractivity contribution in [2.24, 2.45) is 5.92 Å². The summed E-state index contributed by atoms with van der Waals surface area (Å²) in [6, 6.07) is 13.7. The van der Waals surface area contributed by atoms with Crippen molar-refractivity contribution >= 4 is 28.4 Å². The second kappa shape index (κ2) is 8.47. The Morgan fingerprint density at radius 2 is 1.79 bits per heavy atom. The molecular weight excluding hydrogens is 356 g/mol. The van der Waals surface area contributed by atoms with E-state index >= 15 is 0 Å². The number of nitrogens with zero attached hydrogens (tertiary/aromatic N) is 2. The van der Waals surface area contributed by atoms with E-state index in [1.165, 1.54) is 10.9 Å². The van der Waals surface area contributed by atoms with E-state index in [2.05, 4.69) is 15.6 Å². The van der Waals surface area contributed by atoms with Crippen LogP contribution in [-0.2, 0) is 11.3 Å². The number of nitrogens with one attached hydrogen (secondary N) is 2. The van der Waals surface area contributed by atoms with E-state index in [1.807, 2.05) is 13.8 Å². The second-order valence-electron chi connectivity index (χ2n) is 6.89. The molecule has 0 saturated heterocycles. The number of fused-ring (bicyclic) bond motifs is 1. The second-order valence-corrected chi connectivity index (χ2v) is 6.89. The maximum Gasteiger partial charge on any atom is 0.261 e. The third-order valence-electron chi connectivity index (χ3n) is 4.16. The number of anilines is 1. The van der Waals surface area contributed by atoms with Crippen LogP contribution < -0.4 is 16.2 Å². The lowest BCUT2D eigenvalue weighted by Crippen LogP contribution is -2.30. The van der Waals surface area contributed by atoms with Crippen LogP contribution in [0.4, 0.5) is 5.69 Å². The molecule has 0 radical (unpaired) electrons. The fourth-order valence-electron chi connectivity index (χ4n) is 2.75. The van der Waals surface area contributed by atoms with Gasteiger partial charge in [-0.2, -0.15) is 0 Å². The number of aromatic nitrogens is 2. The summed E-state index contributed by atoms with van der Waals surface area (Å²) in [6.07, 6.45) is 1.35. The average molecular weight is 378 g/mol. The molecule has 2 N–H and O–H groups in total. The number of carbonyl (C=O) groups excluding carboxylic acids is 2. The molecule has 7 heteroatoms. The molecule has 2 aromatic carbocycles. The lowest BCUT2D eigenvalue weighted by Gasteiger charge is -2.13. The molecule has 7 nitrogen and oxygen atoms in total. The fourth-order valence-corrected chi connectivity index (χ4v) is 2.75. The Hall–Kier alpha value is -3.48. The number of rotatable bonds is 6. The summed E-state index contributed by atoms with van der Waals surface area (Å²) in [5.74, 6) is -0.351. The first-order valence-corrected chi connectivity index (χ1v) is 9.07. The highest BCUT2D eigenvalue weighted by Crippen LogP contribution is 2.15. The standard InChI is InChI=1S/C21H22N4O3/c1-14(2)11-22-20(27)15-7-3-6-10-18(15)24-19(26)12-25-13-23-17-9-5-4-8-16(17)21(25)28/h3-10,13-14H,11-12H2,1-2H3,(H,22,27)(H,24,26). The molecule has 0 aliphatic heterocycles. The molecule has 144 valence electrons. The highest BCUT2D eigenvalue weighted by molar-refractivity contribution is 6.03. The largest absolute Gasteiger partial charge is 0.352 e. The van der Waals surface area contributed by atoms with Gasteiger partial charge in [0.05, 0.1) is 28.5 Å². The molecular formula is C21H22N4O3. The van der Waals surface area contributed by atoms with Gasteiger partial charge in [-0.05, 0) is 30.2 Å². The summed E-state index contributed by atoms with van der Waals surface area (Å²) >= 11 is 0. The normalized spacial score (nSPS) is 10.8. The quantitative estimate of drug-likeness (QED) is 0.689. The van der Waals surface area contributed by atoms with Crippen molar-refractivity contribution in [3.63, 3.8) is 0 Å². The Bertz CT molecular complexity index is 1070. The van der Waals surface area contributed by atoms with Crippen LogP contribution in [0.15, 0.2) is 59.7 Å². The van der Waals surface area contributed by atoms with E-state index in [1.54, 1.807) is 48.5 Å². The third-order valence-corrected chi connectivity index (χ3v) is 4.16. The van der Waals surface area contributed by atoms with Crippen LogP contribution >= 0.6 is 0 Å². The molecule has 0 spiro atoms. The smallest absolute Gasteiger partial charge is 0.261 e.